The quantitative estimate of drug-likeness (QED) is 0.273. The third-order valence-electron chi connectivity index (χ3n) is 6.44. The maximum absolute atomic E-state index is 14.6. The van der Waals surface area contributed by atoms with Crippen molar-refractivity contribution in [2.45, 2.75) is 44.4 Å². The van der Waals surface area contributed by atoms with Gasteiger partial charge in [-0.1, -0.05) is 51.1 Å². The molecule has 0 fully saturated rings. The molecule has 0 saturated carbocycles. The predicted molar refractivity (Wildman–Crippen MR) is 124 cm³/mol. The lowest BCUT2D eigenvalue weighted by atomic mass is 9.89. The summed E-state index contributed by atoms with van der Waals surface area (Å²) in [5.41, 5.74) is 0.389. The molecule has 1 aliphatic rings. The second kappa shape index (κ2) is 8.49. The molecule has 7 heteroatoms. The van der Waals surface area contributed by atoms with Gasteiger partial charge in [-0.15, -0.1) is 0 Å². The number of carbonyl (C=O) groups is 1. The highest BCUT2D eigenvalue weighted by atomic mass is 35.5. The lowest BCUT2D eigenvalue weighted by Crippen LogP contribution is -2.51. The second-order valence-electron chi connectivity index (χ2n) is 9.47. The number of benzene rings is 2. The van der Waals surface area contributed by atoms with Gasteiger partial charge in [-0.05, 0) is 65.1 Å². The molecule has 0 radical (unpaired) electrons. The van der Waals surface area contributed by atoms with Gasteiger partial charge >= 0.3 is 5.37 Å². The summed E-state index contributed by atoms with van der Waals surface area (Å²) >= 11 is 6.02. The summed E-state index contributed by atoms with van der Waals surface area (Å²) < 4.78 is 35.0. The largest absolute Gasteiger partial charge is 0.414 e. The molecule has 31 heavy (non-hydrogen) atoms. The minimum absolute atomic E-state index is 0.0412. The average Bonchev–Trinajstić information content (AvgIpc) is 3.09. The minimum atomic E-state index is -2.18. The fourth-order valence-corrected chi connectivity index (χ4v) is 4.75. The molecule has 166 valence electrons. The van der Waals surface area contributed by atoms with Gasteiger partial charge in [0.25, 0.3) is 0 Å². The van der Waals surface area contributed by atoms with E-state index < -0.39 is 30.9 Å². The first-order valence-corrected chi connectivity index (χ1v) is 13.5. The standard InChI is InChI=1S/C24H28ClF2NO2Si/c1-23(2,3)31(4,5)30-16-24(18-9-7-6-8-10-18)14-17(15-28(24)22(25)29)20-13-19(26)11-12-21(20)27/h6-14H,15-16H2,1-5H3/t24-/m1/s1. The SMILES string of the molecule is CC(C)(C)[Si](C)(C)OC[C@@]1(c2ccccc2)C=C(c2cc(F)ccc2F)CN1C(=O)Cl. The van der Waals surface area contributed by atoms with E-state index in [1.807, 2.05) is 30.3 Å². The first kappa shape index (κ1) is 23.6. The molecule has 1 atom stereocenters. The van der Waals surface area contributed by atoms with E-state index in [0.29, 0.717) is 5.57 Å². The predicted octanol–water partition coefficient (Wildman–Crippen LogP) is 6.94. The van der Waals surface area contributed by atoms with E-state index >= 15 is 0 Å². The maximum atomic E-state index is 14.6. The molecule has 0 N–H and O–H groups in total. The Balaban J connectivity index is 2.15. The first-order valence-electron chi connectivity index (χ1n) is 10.2. The van der Waals surface area contributed by atoms with E-state index in [1.54, 1.807) is 6.08 Å². The van der Waals surface area contributed by atoms with Gasteiger partial charge in [-0.3, -0.25) is 4.79 Å². The first-order chi connectivity index (χ1) is 14.4. The van der Waals surface area contributed by atoms with Crippen molar-refractivity contribution < 1.29 is 18.0 Å². The third-order valence-corrected chi connectivity index (χ3v) is 11.1. The molecular formula is C24H28ClF2NO2Si. The monoisotopic (exact) mass is 463 g/mol. The summed E-state index contributed by atoms with van der Waals surface area (Å²) in [4.78, 5) is 14.0. The summed E-state index contributed by atoms with van der Waals surface area (Å²) in [5, 5.41) is -0.716. The number of hydrogen-bond donors (Lipinski definition) is 0. The van der Waals surface area contributed by atoms with E-state index in [1.165, 1.54) is 4.90 Å². The molecule has 0 aliphatic carbocycles. The van der Waals surface area contributed by atoms with Crippen LogP contribution in [0, 0.1) is 11.6 Å². The van der Waals surface area contributed by atoms with E-state index in [9.17, 15) is 13.6 Å². The molecule has 0 aromatic heterocycles. The number of rotatable bonds is 5. The minimum Gasteiger partial charge on any atom is -0.414 e. The van der Waals surface area contributed by atoms with Gasteiger partial charge in [0, 0.05) is 12.1 Å². The van der Waals surface area contributed by atoms with Gasteiger partial charge in [0.05, 0.1) is 6.61 Å². The van der Waals surface area contributed by atoms with Crippen molar-refractivity contribution in [2.75, 3.05) is 13.2 Å². The highest BCUT2D eigenvalue weighted by molar-refractivity contribution is 6.74. The summed E-state index contributed by atoms with van der Waals surface area (Å²) in [5.74, 6) is -1.10. The van der Waals surface area contributed by atoms with E-state index in [2.05, 4.69) is 33.9 Å². The molecule has 2 aromatic rings. The van der Waals surface area contributed by atoms with Crippen LogP contribution in [0.15, 0.2) is 54.6 Å². The Labute approximate surface area is 188 Å². The zero-order valence-electron chi connectivity index (χ0n) is 18.5. The number of carbonyl (C=O) groups excluding carboxylic acids is 1. The van der Waals surface area contributed by atoms with Gasteiger partial charge in [0.2, 0.25) is 0 Å². The maximum Gasteiger partial charge on any atom is 0.317 e. The van der Waals surface area contributed by atoms with Crippen LogP contribution in [0.3, 0.4) is 0 Å². The van der Waals surface area contributed by atoms with Gasteiger partial charge in [0.15, 0.2) is 8.32 Å². The zero-order chi connectivity index (χ0) is 23.0. The third kappa shape index (κ3) is 4.61. The molecule has 3 rings (SSSR count). The topological polar surface area (TPSA) is 29.5 Å². The summed E-state index contributed by atoms with van der Waals surface area (Å²) in [7, 11) is -2.18. The molecule has 1 aliphatic heterocycles. The molecular weight excluding hydrogens is 436 g/mol. The van der Waals surface area contributed by atoms with Crippen LogP contribution in [0.5, 0.6) is 0 Å². The Morgan fingerprint density at radius 3 is 2.39 bits per heavy atom. The summed E-state index contributed by atoms with van der Waals surface area (Å²) in [6, 6.07) is 12.7. The van der Waals surface area contributed by atoms with Crippen molar-refractivity contribution in [3.8, 4) is 0 Å². The zero-order valence-corrected chi connectivity index (χ0v) is 20.3. The summed E-state index contributed by atoms with van der Waals surface area (Å²) in [6.07, 6.45) is 1.80. The highest BCUT2D eigenvalue weighted by Crippen LogP contribution is 2.44. The molecule has 0 saturated heterocycles. The van der Waals surface area contributed by atoms with Crippen molar-refractivity contribution in [1.82, 2.24) is 4.90 Å². The van der Waals surface area contributed by atoms with Gasteiger partial charge < -0.3 is 9.33 Å². The van der Waals surface area contributed by atoms with Gasteiger partial charge in [-0.2, -0.15) is 0 Å². The Morgan fingerprint density at radius 2 is 1.81 bits per heavy atom. The second-order valence-corrected chi connectivity index (χ2v) is 14.6. The molecule has 1 heterocycles. The van der Waals surface area contributed by atoms with Crippen LogP contribution in [0.2, 0.25) is 18.1 Å². The number of halogens is 3. The van der Waals surface area contributed by atoms with Crippen molar-refractivity contribution in [2.24, 2.45) is 0 Å². The molecule has 0 bridgehead atoms. The van der Waals surface area contributed by atoms with E-state index in [-0.39, 0.29) is 23.8 Å². The smallest absolute Gasteiger partial charge is 0.317 e. The number of amides is 1. The lowest BCUT2D eigenvalue weighted by molar-refractivity contribution is 0.120. The highest BCUT2D eigenvalue weighted by Gasteiger charge is 2.47. The van der Waals surface area contributed by atoms with Crippen LogP contribution < -0.4 is 0 Å². The fourth-order valence-electron chi connectivity index (χ4n) is 3.52. The van der Waals surface area contributed by atoms with Crippen LogP contribution >= 0.6 is 11.6 Å². The lowest BCUT2D eigenvalue weighted by Gasteiger charge is -2.42. The molecule has 1 amide bonds. The van der Waals surface area contributed by atoms with Crippen molar-refractivity contribution in [3.63, 3.8) is 0 Å². The number of nitrogens with zero attached hydrogens (tertiary/aromatic N) is 1. The van der Waals surface area contributed by atoms with Crippen LogP contribution in [0.1, 0.15) is 31.9 Å². The Hall–Kier alpha value is -2.02. The Morgan fingerprint density at radius 1 is 1.16 bits per heavy atom. The fraction of sp³-hybridized carbons (Fsp3) is 0.375. The van der Waals surface area contributed by atoms with Gasteiger partial charge in [-0.25, -0.2) is 8.78 Å². The molecule has 0 spiro atoms. The van der Waals surface area contributed by atoms with Crippen LogP contribution in [-0.4, -0.2) is 31.7 Å². The molecule has 0 unspecified atom stereocenters. The van der Waals surface area contributed by atoms with E-state index in [0.717, 1.165) is 23.8 Å². The van der Waals surface area contributed by atoms with Crippen molar-refractivity contribution >= 4 is 30.9 Å². The van der Waals surface area contributed by atoms with Crippen molar-refractivity contribution in [3.05, 3.63) is 77.4 Å². The van der Waals surface area contributed by atoms with Crippen LogP contribution in [0.25, 0.3) is 5.57 Å². The number of hydrogen-bond acceptors (Lipinski definition) is 2. The van der Waals surface area contributed by atoms with Crippen LogP contribution in [-0.2, 0) is 9.96 Å². The average molecular weight is 464 g/mol. The van der Waals surface area contributed by atoms with Gasteiger partial charge in [0.1, 0.15) is 17.2 Å². The van der Waals surface area contributed by atoms with Crippen molar-refractivity contribution in [1.29, 1.82) is 0 Å². The Kier molecular flexibility index (Phi) is 6.47. The van der Waals surface area contributed by atoms with Crippen LogP contribution in [0.4, 0.5) is 13.6 Å². The molecule has 2 aromatic carbocycles. The van der Waals surface area contributed by atoms with E-state index in [4.69, 9.17) is 16.0 Å². The Bertz CT molecular complexity index is 1000. The summed E-state index contributed by atoms with van der Waals surface area (Å²) in [6.45, 7) is 10.9. The molecule has 3 nitrogen and oxygen atoms in total. The normalized spacial score (nSPS) is 19.5.